The zero-order valence-electron chi connectivity index (χ0n) is 29.3. The third kappa shape index (κ3) is 7.00. The summed E-state index contributed by atoms with van der Waals surface area (Å²) in [5, 5.41) is 0. The van der Waals surface area contributed by atoms with Crippen molar-refractivity contribution in [3.8, 4) is 22.5 Å². The molecule has 10 nitrogen and oxygen atoms in total. The van der Waals surface area contributed by atoms with Crippen LogP contribution in [0.1, 0.15) is 45.8 Å². The second-order valence-corrected chi connectivity index (χ2v) is 12.6. The molecule has 6 aromatic heterocycles. The number of imidazole rings is 4. The Balaban J connectivity index is 0.000000157. The van der Waals surface area contributed by atoms with Gasteiger partial charge in [0.2, 0.25) is 11.6 Å². The number of aryl methyl sites for hydroxylation is 8. The molecule has 50 heavy (non-hydrogen) atoms. The molecule has 0 atom stereocenters. The van der Waals surface area contributed by atoms with E-state index in [1.807, 2.05) is 104 Å². The van der Waals surface area contributed by atoms with Gasteiger partial charge in [0.15, 0.2) is 0 Å². The van der Waals surface area contributed by atoms with Gasteiger partial charge in [-0.15, -0.1) is 0 Å². The number of rotatable bonds is 7. The molecular weight excluding hydrogens is 621 g/mol. The van der Waals surface area contributed by atoms with E-state index < -0.39 is 0 Å². The van der Waals surface area contributed by atoms with Crippen LogP contribution in [0.15, 0.2) is 97.6 Å². The minimum atomic E-state index is 0.724. The highest BCUT2D eigenvalue weighted by Gasteiger charge is 2.11. The molecule has 0 aliphatic carbocycles. The Bertz CT molecular complexity index is 2440. The summed E-state index contributed by atoms with van der Waals surface area (Å²) in [7, 11) is 4.05. The molecule has 0 radical (unpaired) electrons. The van der Waals surface area contributed by atoms with E-state index in [0.717, 1.165) is 92.7 Å². The van der Waals surface area contributed by atoms with Gasteiger partial charge in [-0.05, 0) is 58.4 Å². The van der Waals surface area contributed by atoms with Gasteiger partial charge in [-0.3, -0.25) is 8.80 Å². The number of aromatic nitrogens is 10. The maximum atomic E-state index is 4.79. The fourth-order valence-corrected chi connectivity index (χ4v) is 6.08. The van der Waals surface area contributed by atoms with Crippen molar-refractivity contribution in [1.82, 2.24) is 47.8 Å². The Kier molecular flexibility index (Phi) is 8.91. The average molecular weight is 661 g/mol. The second-order valence-electron chi connectivity index (χ2n) is 12.6. The molecule has 0 amide bonds. The first kappa shape index (κ1) is 32.4. The van der Waals surface area contributed by atoms with Crippen molar-refractivity contribution >= 4 is 23.7 Å². The van der Waals surface area contributed by atoms with Crippen LogP contribution in [0.2, 0.25) is 0 Å². The molecule has 0 aliphatic heterocycles. The van der Waals surface area contributed by atoms with Crippen molar-refractivity contribution in [3.05, 3.63) is 143 Å². The lowest BCUT2D eigenvalue weighted by Crippen LogP contribution is -2.00. The van der Waals surface area contributed by atoms with Crippen molar-refractivity contribution < 1.29 is 0 Å². The van der Waals surface area contributed by atoms with Gasteiger partial charge < -0.3 is 9.13 Å². The molecule has 0 N–H and O–H groups in total. The third-order valence-electron chi connectivity index (χ3n) is 8.62. The van der Waals surface area contributed by atoms with Crippen molar-refractivity contribution in [2.24, 2.45) is 14.1 Å². The summed E-state index contributed by atoms with van der Waals surface area (Å²) in [6, 6.07) is 24.6. The average Bonchev–Trinajstić information content (AvgIpc) is 3.89. The predicted molar refractivity (Wildman–Crippen MR) is 199 cm³/mol. The van der Waals surface area contributed by atoms with E-state index in [1.165, 1.54) is 0 Å². The normalized spacial score (nSPS) is 11.5. The van der Waals surface area contributed by atoms with Crippen LogP contribution in [0.5, 0.6) is 0 Å². The van der Waals surface area contributed by atoms with Crippen LogP contribution >= 0.6 is 0 Å². The molecule has 0 aliphatic rings. The lowest BCUT2D eigenvalue weighted by atomic mass is 10.2. The Hall–Kier alpha value is -6.16. The van der Waals surface area contributed by atoms with Gasteiger partial charge >= 0.3 is 0 Å². The van der Waals surface area contributed by atoms with Crippen molar-refractivity contribution in [2.45, 2.75) is 40.5 Å². The van der Waals surface area contributed by atoms with E-state index in [9.17, 15) is 0 Å². The summed E-state index contributed by atoms with van der Waals surface area (Å²) in [6.07, 6.45) is 13.9. The highest BCUT2D eigenvalue weighted by atomic mass is 15.1. The Morgan fingerprint density at radius 2 is 1.10 bits per heavy atom. The molecule has 250 valence electrons. The van der Waals surface area contributed by atoms with Crippen LogP contribution in [-0.4, -0.2) is 47.8 Å². The first-order valence-electron chi connectivity index (χ1n) is 16.7. The fourth-order valence-electron chi connectivity index (χ4n) is 6.08. The lowest BCUT2D eigenvalue weighted by Gasteiger charge is -1.99. The van der Waals surface area contributed by atoms with Gasteiger partial charge in [-0.2, -0.15) is 0 Å². The first-order chi connectivity index (χ1) is 24.2. The monoisotopic (exact) mass is 660 g/mol. The molecule has 10 heteroatoms. The van der Waals surface area contributed by atoms with Gasteiger partial charge in [0, 0.05) is 79.2 Å². The summed E-state index contributed by atoms with van der Waals surface area (Å²) < 4.78 is 8.17. The van der Waals surface area contributed by atoms with Gasteiger partial charge in [-0.1, -0.05) is 60.7 Å². The number of hydrogen-bond acceptors (Lipinski definition) is 6. The van der Waals surface area contributed by atoms with E-state index in [4.69, 9.17) is 9.97 Å². The summed E-state index contributed by atoms with van der Waals surface area (Å²) in [6.45, 7) is 8.12. The molecule has 0 spiro atoms. The highest BCUT2D eigenvalue weighted by molar-refractivity contribution is 5.68. The predicted octanol–water partition coefficient (Wildman–Crippen LogP) is 7.45. The lowest BCUT2D eigenvalue weighted by molar-refractivity contribution is 0.764. The standard InChI is InChI=1S/C20H21N5.C20H19N5/c2*1-14-11-15(2)25-12-17(22-20(25)21-14)9-10-19-23-18(13-24(19)3)16-7-5-4-6-8-16/h4-8,11-13H,9-10H2,1-3H3;4-13H,1-3H3/b;10-9+. The van der Waals surface area contributed by atoms with E-state index in [2.05, 4.69) is 85.5 Å². The molecule has 0 bridgehead atoms. The molecule has 0 saturated heterocycles. The van der Waals surface area contributed by atoms with E-state index >= 15 is 0 Å². The Morgan fingerprint density at radius 1 is 0.540 bits per heavy atom. The maximum absolute atomic E-state index is 4.79. The number of fused-ring (bicyclic) bond motifs is 2. The fraction of sp³-hybridized carbons (Fsp3) is 0.200. The molecular formula is C40H40N10. The smallest absolute Gasteiger partial charge is 0.234 e. The van der Waals surface area contributed by atoms with Crippen LogP contribution in [-0.2, 0) is 26.9 Å². The van der Waals surface area contributed by atoms with Crippen molar-refractivity contribution in [3.63, 3.8) is 0 Å². The Labute approximate surface area is 291 Å². The largest absolute Gasteiger partial charge is 0.337 e. The van der Waals surface area contributed by atoms with Crippen LogP contribution in [0, 0.1) is 27.7 Å². The van der Waals surface area contributed by atoms with Gasteiger partial charge in [0.05, 0.1) is 22.8 Å². The summed E-state index contributed by atoms with van der Waals surface area (Å²) >= 11 is 0. The van der Waals surface area contributed by atoms with Gasteiger partial charge in [0.1, 0.15) is 11.6 Å². The molecule has 0 fully saturated rings. The zero-order chi connectivity index (χ0) is 34.8. The molecule has 8 rings (SSSR count). The summed E-state index contributed by atoms with van der Waals surface area (Å²) in [5.74, 6) is 3.45. The van der Waals surface area contributed by atoms with E-state index in [-0.39, 0.29) is 0 Å². The topological polar surface area (TPSA) is 96.0 Å². The molecule has 2 aromatic carbocycles. The third-order valence-corrected chi connectivity index (χ3v) is 8.62. The number of benzene rings is 2. The minimum Gasteiger partial charge on any atom is -0.337 e. The number of nitrogens with zero attached hydrogens (tertiary/aromatic N) is 10. The zero-order valence-corrected chi connectivity index (χ0v) is 29.3. The van der Waals surface area contributed by atoms with Crippen LogP contribution in [0.3, 0.4) is 0 Å². The molecule has 8 aromatic rings. The summed E-state index contributed by atoms with van der Waals surface area (Å²) in [5.41, 5.74) is 10.4. The second kappa shape index (κ2) is 13.8. The van der Waals surface area contributed by atoms with Crippen LogP contribution in [0.4, 0.5) is 0 Å². The molecule has 0 saturated carbocycles. The van der Waals surface area contributed by atoms with Crippen molar-refractivity contribution in [1.29, 1.82) is 0 Å². The SMILES string of the molecule is Cc1cc(C)n2cc(/C=C/c3nc(-c4ccccc4)cn3C)nc2n1.Cc1cc(C)n2cc(CCc3nc(-c4ccccc4)cn3C)nc2n1. The van der Waals surface area contributed by atoms with E-state index in [1.54, 1.807) is 0 Å². The number of hydrogen-bond donors (Lipinski definition) is 0. The molecule has 0 unspecified atom stereocenters. The molecule has 6 heterocycles. The van der Waals surface area contributed by atoms with Gasteiger partial charge in [0.25, 0.3) is 0 Å². The Morgan fingerprint density at radius 3 is 1.74 bits per heavy atom. The first-order valence-corrected chi connectivity index (χ1v) is 16.7. The quantitative estimate of drug-likeness (QED) is 0.176. The van der Waals surface area contributed by atoms with Gasteiger partial charge in [-0.25, -0.2) is 29.9 Å². The van der Waals surface area contributed by atoms with E-state index in [0.29, 0.717) is 0 Å². The van der Waals surface area contributed by atoms with Crippen LogP contribution in [0.25, 0.3) is 46.2 Å². The van der Waals surface area contributed by atoms with Crippen molar-refractivity contribution in [2.75, 3.05) is 0 Å². The minimum absolute atomic E-state index is 0.724. The van der Waals surface area contributed by atoms with Crippen LogP contribution < -0.4 is 0 Å². The maximum Gasteiger partial charge on any atom is 0.234 e. The summed E-state index contributed by atoms with van der Waals surface area (Å²) in [4.78, 5) is 27.7. The highest BCUT2D eigenvalue weighted by Crippen LogP contribution is 2.20.